The molecule has 1 heterocycles. The van der Waals surface area contributed by atoms with E-state index in [0.29, 0.717) is 10.7 Å². The molecule has 4 N–H and O–H groups in total. The van der Waals surface area contributed by atoms with Crippen molar-refractivity contribution in [2.75, 3.05) is 24.4 Å². The minimum atomic E-state index is -0.323. The molecule has 1 aliphatic heterocycles. The zero-order chi connectivity index (χ0) is 17.6. The minimum Gasteiger partial charge on any atom is -0.394 e. The van der Waals surface area contributed by atoms with Crippen LogP contribution in [0.3, 0.4) is 0 Å². The van der Waals surface area contributed by atoms with E-state index in [-0.39, 0.29) is 24.1 Å². The second kappa shape index (κ2) is 8.78. The Bertz CT molecular complexity index is 592. The first-order chi connectivity index (χ1) is 11.5. The van der Waals surface area contributed by atoms with Crippen molar-refractivity contribution in [1.29, 1.82) is 0 Å². The summed E-state index contributed by atoms with van der Waals surface area (Å²) >= 11 is 3.28. The molecule has 0 spiro atoms. The zero-order valence-electron chi connectivity index (χ0n) is 14.1. The second-order valence-electron chi connectivity index (χ2n) is 6.03. The Morgan fingerprint density at radius 3 is 2.79 bits per heavy atom. The van der Waals surface area contributed by atoms with Crippen molar-refractivity contribution in [3.05, 3.63) is 35.4 Å². The Morgan fingerprint density at radius 2 is 2.21 bits per heavy atom. The third-order valence-corrected chi connectivity index (χ3v) is 5.63. The molecule has 132 valence electrons. The fourth-order valence-electron chi connectivity index (χ4n) is 2.61. The Morgan fingerprint density at radius 1 is 1.50 bits per heavy atom. The van der Waals surface area contributed by atoms with Crippen molar-refractivity contribution in [2.24, 2.45) is 10.7 Å². The molecule has 0 aromatic heterocycles. The number of aliphatic hydroxyl groups excluding tert-OH is 1. The van der Waals surface area contributed by atoms with Crippen molar-refractivity contribution >= 4 is 34.6 Å². The van der Waals surface area contributed by atoms with Crippen LogP contribution in [0.4, 0.5) is 0 Å². The maximum Gasteiger partial charge on any atom is 0.251 e. The van der Waals surface area contributed by atoms with E-state index in [2.05, 4.69) is 17.2 Å². The number of amides is 1. The smallest absolute Gasteiger partial charge is 0.251 e. The minimum absolute atomic E-state index is 0.0475. The Hall–Kier alpha value is -1.18. The van der Waals surface area contributed by atoms with Crippen LogP contribution in [0.2, 0.25) is 0 Å². The molecule has 1 aromatic carbocycles. The summed E-state index contributed by atoms with van der Waals surface area (Å²) in [6.45, 7) is 2.02. The van der Waals surface area contributed by atoms with Gasteiger partial charge in [0, 0.05) is 11.3 Å². The first-order valence-electron chi connectivity index (χ1n) is 7.98. The Kier molecular flexibility index (Phi) is 7.01. The van der Waals surface area contributed by atoms with Crippen molar-refractivity contribution in [1.82, 2.24) is 5.32 Å². The number of carbonyl (C=O) groups is 1. The molecule has 2 rings (SSSR count). The summed E-state index contributed by atoms with van der Waals surface area (Å²) in [6.07, 6.45) is 3.69. The summed E-state index contributed by atoms with van der Waals surface area (Å²) in [5.41, 5.74) is 7.18. The van der Waals surface area contributed by atoms with Crippen LogP contribution in [0, 0.1) is 0 Å². The lowest BCUT2D eigenvalue weighted by Gasteiger charge is -2.29. The van der Waals surface area contributed by atoms with Crippen molar-refractivity contribution in [3.63, 3.8) is 0 Å². The molecule has 0 radical (unpaired) electrons. The van der Waals surface area contributed by atoms with Crippen LogP contribution in [-0.4, -0.2) is 46.6 Å². The highest BCUT2D eigenvalue weighted by atomic mass is 32.2. The molecular formula is C17H25N3O2S2. The molecule has 0 bridgehead atoms. The summed E-state index contributed by atoms with van der Waals surface area (Å²) in [4.78, 5) is 16.9. The van der Waals surface area contributed by atoms with Crippen LogP contribution >= 0.6 is 23.5 Å². The van der Waals surface area contributed by atoms with Gasteiger partial charge < -0.3 is 16.2 Å². The molecule has 0 saturated carbocycles. The van der Waals surface area contributed by atoms with Crippen molar-refractivity contribution in [3.8, 4) is 0 Å². The number of benzene rings is 1. The monoisotopic (exact) mass is 367 g/mol. The number of hydrogen-bond acceptors (Lipinski definition) is 6. The van der Waals surface area contributed by atoms with Crippen LogP contribution in [0.15, 0.2) is 29.3 Å². The highest BCUT2D eigenvalue weighted by Crippen LogP contribution is 2.34. The van der Waals surface area contributed by atoms with Gasteiger partial charge in [-0.1, -0.05) is 23.9 Å². The number of nitrogens with zero attached hydrogens (tertiary/aromatic N) is 1. The number of hydrogen-bond donors (Lipinski definition) is 3. The molecule has 0 fully saturated rings. The number of carbonyl (C=O) groups excluding carboxylic acids is 1. The summed E-state index contributed by atoms with van der Waals surface area (Å²) in [5, 5.41) is 12.9. The summed E-state index contributed by atoms with van der Waals surface area (Å²) in [5.74, 6) is 1.69. The Balaban J connectivity index is 2.06. The molecule has 1 aliphatic rings. The normalized spacial score (nSPS) is 21.9. The predicted octanol–water partition coefficient (Wildman–Crippen LogP) is 2.20. The van der Waals surface area contributed by atoms with Gasteiger partial charge in [0.2, 0.25) is 0 Å². The van der Waals surface area contributed by atoms with E-state index in [1.54, 1.807) is 23.5 Å². The van der Waals surface area contributed by atoms with Gasteiger partial charge in [-0.25, -0.2) is 0 Å². The van der Waals surface area contributed by atoms with E-state index in [9.17, 15) is 9.90 Å². The lowest BCUT2D eigenvalue weighted by molar-refractivity contribution is 0.0915. The quantitative estimate of drug-likeness (QED) is 0.688. The molecule has 1 amide bonds. The molecule has 0 aliphatic carbocycles. The number of rotatable bonds is 7. The van der Waals surface area contributed by atoms with Crippen LogP contribution in [0.1, 0.15) is 35.7 Å². The molecule has 5 nitrogen and oxygen atoms in total. The molecule has 1 aromatic rings. The van der Waals surface area contributed by atoms with E-state index in [0.717, 1.165) is 29.9 Å². The summed E-state index contributed by atoms with van der Waals surface area (Å²) < 4.78 is 0. The number of thioether (sulfide) groups is 2. The number of nitrogens with two attached hydrogens (primary N) is 1. The maximum atomic E-state index is 12.3. The van der Waals surface area contributed by atoms with Gasteiger partial charge in [0.05, 0.1) is 18.2 Å². The van der Waals surface area contributed by atoms with Crippen LogP contribution in [0.25, 0.3) is 0 Å². The van der Waals surface area contributed by atoms with Crippen molar-refractivity contribution in [2.45, 2.75) is 31.3 Å². The lowest BCUT2D eigenvalue weighted by atomic mass is 9.89. The fourth-order valence-corrected chi connectivity index (χ4v) is 4.11. The van der Waals surface area contributed by atoms with Crippen LogP contribution < -0.4 is 11.1 Å². The average molecular weight is 368 g/mol. The number of aliphatic imine (C=N–C) groups is 1. The molecule has 7 heteroatoms. The van der Waals surface area contributed by atoms with Gasteiger partial charge in [0.15, 0.2) is 5.17 Å². The predicted molar refractivity (Wildman–Crippen MR) is 104 cm³/mol. The van der Waals surface area contributed by atoms with Gasteiger partial charge in [0.25, 0.3) is 5.91 Å². The fraction of sp³-hybridized carbons (Fsp3) is 0.529. The zero-order valence-corrected chi connectivity index (χ0v) is 15.8. The topological polar surface area (TPSA) is 87.7 Å². The van der Waals surface area contributed by atoms with Gasteiger partial charge in [-0.2, -0.15) is 11.8 Å². The standard InChI is InChI=1S/C17H25N3O2S2/c1-17(8-10-24-16(18)20-17)13-5-3-12(4-6-13)15(22)19-14(11-21)7-9-23-2/h3-6,14,21H,7-11H2,1-2H3,(H2,18,20)(H,19,22). The number of nitrogens with one attached hydrogen (secondary N) is 1. The number of amidine groups is 1. The molecule has 2 unspecified atom stereocenters. The Labute approximate surface area is 151 Å². The molecule has 24 heavy (non-hydrogen) atoms. The van der Waals surface area contributed by atoms with Gasteiger partial charge in [0.1, 0.15) is 0 Å². The largest absolute Gasteiger partial charge is 0.394 e. The molecular weight excluding hydrogens is 342 g/mol. The van der Waals surface area contributed by atoms with Crippen LogP contribution in [-0.2, 0) is 5.54 Å². The summed E-state index contributed by atoms with van der Waals surface area (Å²) in [7, 11) is 0. The molecule has 2 atom stereocenters. The van der Waals surface area contributed by atoms with Gasteiger partial charge in [-0.3, -0.25) is 9.79 Å². The van der Waals surface area contributed by atoms with Gasteiger partial charge in [-0.15, -0.1) is 0 Å². The van der Waals surface area contributed by atoms with E-state index in [1.807, 2.05) is 30.5 Å². The van der Waals surface area contributed by atoms with E-state index in [4.69, 9.17) is 5.73 Å². The SMILES string of the molecule is CSCCC(CO)NC(=O)c1ccc(C2(C)CCSC(N)=N2)cc1. The van der Waals surface area contributed by atoms with E-state index < -0.39 is 0 Å². The lowest BCUT2D eigenvalue weighted by Crippen LogP contribution is -2.38. The van der Waals surface area contributed by atoms with Crippen molar-refractivity contribution < 1.29 is 9.90 Å². The van der Waals surface area contributed by atoms with Crippen LogP contribution in [0.5, 0.6) is 0 Å². The maximum absolute atomic E-state index is 12.3. The first-order valence-corrected chi connectivity index (χ1v) is 10.4. The van der Waals surface area contributed by atoms with E-state index in [1.165, 1.54) is 0 Å². The second-order valence-corrected chi connectivity index (χ2v) is 8.13. The first kappa shape index (κ1) is 19.1. The van der Waals surface area contributed by atoms with Gasteiger partial charge >= 0.3 is 0 Å². The summed E-state index contributed by atoms with van der Waals surface area (Å²) in [6, 6.07) is 7.30. The van der Waals surface area contributed by atoms with E-state index >= 15 is 0 Å². The highest BCUT2D eigenvalue weighted by molar-refractivity contribution is 8.13. The highest BCUT2D eigenvalue weighted by Gasteiger charge is 2.29. The molecule has 0 saturated heterocycles. The van der Waals surface area contributed by atoms with Gasteiger partial charge in [-0.05, 0) is 49.5 Å². The average Bonchev–Trinajstić information content (AvgIpc) is 2.58. The third kappa shape index (κ3) is 4.91. The number of aliphatic hydroxyl groups is 1. The third-order valence-electron chi connectivity index (χ3n) is 4.19.